The Labute approximate surface area is 105 Å². The Kier molecular flexibility index (Phi) is 3.49. The summed E-state index contributed by atoms with van der Waals surface area (Å²) in [5.41, 5.74) is 0.165. The molecule has 1 aliphatic heterocycles. The minimum atomic E-state index is -0.994. The van der Waals surface area contributed by atoms with Crippen molar-refractivity contribution in [2.24, 2.45) is 0 Å². The van der Waals surface area contributed by atoms with Crippen LogP contribution in [0, 0.1) is 11.3 Å². The van der Waals surface area contributed by atoms with Gasteiger partial charge in [-0.15, -0.1) is 0 Å². The van der Waals surface area contributed by atoms with Crippen LogP contribution in [0.2, 0.25) is 0 Å². The molecule has 2 rings (SSSR count). The van der Waals surface area contributed by atoms with Crippen molar-refractivity contribution in [3.8, 4) is 6.07 Å². The summed E-state index contributed by atoms with van der Waals surface area (Å²) in [6.45, 7) is 0.856. The van der Waals surface area contributed by atoms with E-state index in [0.717, 1.165) is 0 Å². The van der Waals surface area contributed by atoms with Gasteiger partial charge in [-0.1, -0.05) is 6.07 Å². The van der Waals surface area contributed by atoms with Crippen molar-refractivity contribution in [3.05, 3.63) is 29.8 Å². The largest absolute Gasteiger partial charge is 0.480 e. The van der Waals surface area contributed by atoms with Crippen molar-refractivity contribution in [1.29, 1.82) is 5.26 Å². The Balaban J connectivity index is 2.23. The van der Waals surface area contributed by atoms with E-state index >= 15 is 0 Å². The third-order valence-corrected chi connectivity index (χ3v) is 3.13. The number of nitrogens with one attached hydrogen (secondary N) is 1. The second kappa shape index (κ2) is 5.07. The van der Waals surface area contributed by atoms with Crippen molar-refractivity contribution in [1.82, 2.24) is 0 Å². The van der Waals surface area contributed by atoms with Crippen LogP contribution < -0.4 is 5.32 Å². The van der Waals surface area contributed by atoms with E-state index < -0.39 is 11.5 Å². The van der Waals surface area contributed by atoms with Crippen LogP contribution in [-0.2, 0) is 9.53 Å². The highest BCUT2D eigenvalue weighted by Gasteiger charge is 2.40. The molecule has 18 heavy (non-hydrogen) atoms. The van der Waals surface area contributed by atoms with E-state index in [-0.39, 0.29) is 0 Å². The van der Waals surface area contributed by atoms with Gasteiger partial charge in [0, 0.05) is 31.7 Å². The molecule has 1 fully saturated rings. The molecule has 0 aromatic heterocycles. The first kappa shape index (κ1) is 12.4. The first-order valence-electron chi connectivity index (χ1n) is 5.76. The topological polar surface area (TPSA) is 82.4 Å². The Bertz CT molecular complexity index is 487. The van der Waals surface area contributed by atoms with Crippen molar-refractivity contribution in [2.45, 2.75) is 18.4 Å². The van der Waals surface area contributed by atoms with Gasteiger partial charge in [0.25, 0.3) is 0 Å². The summed E-state index contributed by atoms with van der Waals surface area (Å²) in [6.07, 6.45) is 0.832. The maximum Gasteiger partial charge on any atom is 0.329 e. The van der Waals surface area contributed by atoms with Crippen molar-refractivity contribution in [3.63, 3.8) is 0 Å². The molecule has 5 heteroatoms. The summed E-state index contributed by atoms with van der Waals surface area (Å²) in [7, 11) is 0. The monoisotopic (exact) mass is 246 g/mol. The molecule has 0 atom stereocenters. The lowest BCUT2D eigenvalue weighted by molar-refractivity contribution is -0.145. The van der Waals surface area contributed by atoms with Crippen LogP contribution in [-0.4, -0.2) is 29.8 Å². The zero-order valence-corrected chi connectivity index (χ0v) is 9.85. The van der Waals surface area contributed by atoms with E-state index in [1.54, 1.807) is 24.3 Å². The fourth-order valence-corrected chi connectivity index (χ4v) is 2.05. The highest BCUT2D eigenvalue weighted by molar-refractivity contribution is 5.83. The summed E-state index contributed by atoms with van der Waals surface area (Å²) >= 11 is 0. The number of benzene rings is 1. The lowest BCUT2D eigenvalue weighted by atomic mass is 9.89. The number of rotatable bonds is 3. The maximum atomic E-state index is 11.5. The molecule has 0 saturated carbocycles. The molecule has 0 spiro atoms. The molecular weight excluding hydrogens is 232 g/mol. The van der Waals surface area contributed by atoms with Crippen LogP contribution in [0.4, 0.5) is 5.69 Å². The average molecular weight is 246 g/mol. The van der Waals surface area contributed by atoms with Gasteiger partial charge >= 0.3 is 5.97 Å². The third kappa shape index (κ3) is 2.44. The highest BCUT2D eigenvalue weighted by Crippen LogP contribution is 2.26. The van der Waals surface area contributed by atoms with Crippen LogP contribution >= 0.6 is 0 Å². The Morgan fingerprint density at radius 1 is 1.44 bits per heavy atom. The Morgan fingerprint density at radius 2 is 2.17 bits per heavy atom. The van der Waals surface area contributed by atoms with Crippen molar-refractivity contribution in [2.75, 3.05) is 18.5 Å². The molecule has 0 radical (unpaired) electrons. The quantitative estimate of drug-likeness (QED) is 0.846. The standard InChI is InChI=1S/C13H14N2O3/c14-9-10-2-1-3-11(8-10)15-13(12(16)17)4-6-18-7-5-13/h1-3,8,15H,4-7H2,(H,16,17). The molecule has 1 aromatic carbocycles. The number of carboxylic acids is 1. The number of aliphatic carboxylic acids is 1. The van der Waals surface area contributed by atoms with Gasteiger partial charge in [-0.2, -0.15) is 5.26 Å². The number of hydrogen-bond donors (Lipinski definition) is 2. The zero-order valence-electron chi connectivity index (χ0n) is 9.85. The van der Waals surface area contributed by atoms with E-state index in [2.05, 4.69) is 5.32 Å². The highest BCUT2D eigenvalue weighted by atomic mass is 16.5. The molecule has 1 aromatic rings. The van der Waals surface area contributed by atoms with E-state index in [1.807, 2.05) is 6.07 Å². The molecule has 1 aliphatic rings. The van der Waals surface area contributed by atoms with Gasteiger partial charge in [-0.3, -0.25) is 0 Å². The summed E-state index contributed by atoms with van der Waals surface area (Å²) in [5.74, 6) is -0.881. The second-order valence-corrected chi connectivity index (χ2v) is 4.32. The Hall–Kier alpha value is -2.06. The van der Waals surface area contributed by atoms with Crippen LogP contribution in [0.15, 0.2) is 24.3 Å². The van der Waals surface area contributed by atoms with E-state index in [0.29, 0.717) is 37.3 Å². The van der Waals surface area contributed by atoms with E-state index in [4.69, 9.17) is 10.00 Å². The number of carboxylic acid groups (broad SMARTS) is 1. The van der Waals surface area contributed by atoms with Crippen LogP contribution in [0.1, 0.15) is 18.4 Å². The van der Waals surface area contributed by atoms with Gasteiger partial charge in [0.05, 0.1) is 11.6 Å². The lowest BCUT2D eigenvalue weighted by Crippen LogP contribution is -2.50. The summed E-state index contributed by atoms with van der Waals surface area (Å²) in [5, 5.41) is 21.3. The summed E-state index contributed by atoms with van der Waals surface area (Å²) < 4.78 is 5.20. The smallest absolute Gasteiger partial charge is 0.329 e. The molecule has 0 bridgehead atoms. The molecule has 0 aliphatic carbocycles. The first-order chi connectivity index (χ1) is 8.66. The number of carbonyl (C=O) groups is 1. The predicted molar refractivity (Wildman–Crippen MR) is 65.2 cm³/mol. The zero-order chi connectivity index (χ0) is 13.0. The molecule has 2 N–H and O–H groups in total. The number of nitrogens with zero attached hydrogens (tertiary/aromatic N) is 1. The van der Waals surface area contributed by atoms with E-state index in [1.165, 1.54) is 0 Å². The maximum absolute atomic E-state index is 11.5. The molecular formula is C13H14N2O3. The minimum absolute atomic E-state index is 0.416. The molecule has 0 amide bonds. The van der Waals surface area contributed by atoms with Crippen LogP contribution in [0.5, 0.6) is 0 Å². The van der Waals surface area contributed by atoms with Crippen molar-refractivity contribution < 1.29 is 14.6 Å². The van der Waals surface area contributed by atoms with Gasteiger partial charge in [0.2, 0.25) is 0 Å². The number of ether oxygens (including phenoxy) is 1. The summed E-state index contributed by atoms with van der Waals surface area (Å²) in [4.78, 5) is 11.5. The van der Waals surface area contributed by atoms with Gasteiger partial charge in [0.1, 0.15) is 5.54 Å². The van der Waals surface area contributed by atoms with Crippen molar-refractivity contribution >= 4 is 11.7 Å². The van der Waals surface area contributed by atoms with Gasteiger partial charge in [-0.25, -0.2) is 4.79 Å². The predicted octanol–water partition coefficient (Wildman–Crippen LogP) is 1.60. The fourth-order valence-electron chi connectivity index (χ4n) is 2.05. The molecule has 94 valence electrons. The van der Waals surface area contributed by atoms with Crippen LogP contribution in [0.25, 0.3) is 0 Å². The molecule has 1 saturated heterocycles. The van der Waals surface area contributed by atoms with Gasteiger partial charge in [-0.05, 0) is 18.2 Å². The van der Waals surface area contributed by atoms with Gasteiger partial charge in [0.15, 0.2) is 0 Å². The normalized spacial score (nSPS) is 17.7. The lowest BCUT2D eigenvalue weighted by Gasteiger charge is -2.34. The second-order valence-electron chi connectivity index (χ2n) is 4.32. The minimum Gasteiger partial charge on any atom is -0.480 e. The summed E-state index contributed by atoms with van der Waals surface area (Å²) in [6, 6.07) is 8.87. The number of anilines is 1. The third-order valence-electron chi connectivity index (χ3n) is 3.13. The molecule has 0 unspecified atom stereocenters. The van der Waals surface area contributed by atoms with Crippen LogP contribution in [0.3, 0.4) is 0 Å². The molecule has 5 nitrogen and oxygen atoms in total. The van der Waals surface area contributed by atoms with E-state index in [9.17, 15) is 9.90 Å². The average Bonchev–Trinajstić information content (AvgIpc) is 2.40. The Morgan fingerprint density at radius 3 is 2.78 bits per heavy atom. The number of nitriles is 1. The molecule has 1 heterocycles. The SMILES string of the molecule is N#Cc1cccc(NC2(C(=O)O)CCOCC2)c1. The first-order valence-corrected chi connectivity index (χ1v) is 5.76. The fraction of sp³-hybridized carbons (Fsp3) is 0.385. The number of hydrogen-bond acceptors (Lipinski definition) is 4. The van der Waals surface area contributed by atoms with Gasteiger partial charge < -0.3 is 15.2 Å².